The molecular weight excluding hydrogens is 216 g/mol. The maximum Gasteiger partial charge on any atom is 0.103 e. The number of oxime groups is 1. The Balaban J connectivity index is 1.95. The topological polar surface area (TPSA) is 71.3 Å². The molecule has 0 atom stereocenters. The molecule has 2 heterocycles. The molecule has 2 aromatic heterocycles. The Labute approximate surface area is 98.9 Å². The van der Waals surface area contributed by atoms with Crippen LogP contribution in [-0.4, -0.2) is 26.4 Å². The van der Waals surface area contributed by atoms with Crippen molar-refractivity contribution >= 4 is 6.21 Å². The molecule has 5 nitrogen and oxygen atoms in total. The Morgan fingerprint density at radius 3 is 2.76 bits per heavy atom. The first-order valence-corrected chi connectivity index (χ1v) is 5.26. The lowest BCUT2D eigenvalue weighted by molar-refractivity contribution is 0.321. The molecule has 0 unspecified atom stereocenters. The highest BCUT2D eigenvalue weighted by atomic mass is 16.4. The van der Waals surface area contributed by atoms with Crippen molar-refractivity contribution in [2.45, 2.75) is 12.8 Å². The first-order chi connectivity index (χ1) is 8.38. The van der Waals surface area contributed by atoms with E-state index in [1.54, 1.807) is 18.6 Å². The summed E-state index contributed by atoms with van der Waals surface area (Å²) in [6.07, 6.45) is 9.82. The molecule has 0 saturated heterocycles. The lowest BCUT2D eigenvalue weighted by Gasteiger charge is -2.00. The molecule has 5 heteroatoms. The smallest absolute Gasteiger partial charge is 0.103 e. The van der Waals surface area contributed by atoms with Crippen molar-refractivity contribution in [3.63, 3.8) is 0 Å². The molecule has 0 aliphatic carbocycles. The second-order valence-corrected chi connectivity index (χ2v) is 3.54. The summed E-state index contributed by atoms with van der Waals surface area (Å²) in [5.74, 6) is 0. The average Bonchev–Trinajstić information content (AvgIpc) is 2.40. The van der Waals surface area contributed by atoms with Crippen LogP contribution in [-0.2, 0) is 12.8 Å². The Morgan fingerprint density at radius 1 is 1.18 bits per heavy atom. The molecule has 1 N–H and O–H groups in total. The summed E-state index contributed by atoms with van der Waals surface area (Å²) in [6.45, 7) is 0. The van der Waals surface area contributed by atoms with E-state index in [-0.39, 0.29) is 0 Å². The normalized spacial score (nSPS) is 10.8. The minimum absolute atomic E-state index is 0.539. The molecule has 0 radical (unpaired) electrons. The summed E-state index contributed by atoms with van der Waals surface area (Å²) < 4.78 is 0. The lowest BCUT2D eigenvalue weighted by Crippen LogP contribution is -1.98. The van der Waals surface area contributed by atoms with Crippen molar-refractivity contribution < 1.29 is 5.21 Å². The highest BCUT2D eigenvalue weighted by Gasteiger charge is 1.98. The summed E-state index contributed by atoms with van der Waals surface area (Å²) in [4.78, 5) is 12.4. The van der Waals surface area contributed by atoms with Gasteiger partial charge in [-0.05, 0) is 24.5 Å². The summed E-state index contributed by atoms with van der Waals surface area (Å²) >= 11 is 0. The van der Waals surface area contributed by atoms with E-state index in [4.69, 9.17) is 5.21 Å². The molecule has 86 valence electrons. The monoisotopic (exact) mass is 228 g/mol. The van der Waals surface area contributed by atoms with Crippen molar-refractivity contribution in [1.29, 1.82) is 0 Å². The molecule has 0 aliphatic heterocycles. The zero-order chi connectivity index (χ0) is 11.9. The van der Waals surface area contributed by atoms with Crippen LogP contribution >= 0.6 is 0 Å². The van der Waals surface area contributed by atoms with Crippen LogP contribution in [0.3, 0.4) is 0 Å². The average molecular weight is 228 g/mol. The highest BCUT2D eigenvalue weighted by molar-refractivity contribution is 5.75. The van der Waals surface area contributed by atoms with E-state index >= 15 is 0 Å². The van der Waals surface area contributed by atoms with Gasteiger partial charge in [-0.15, -0.1) is 0 Å². The molecule has 0 aliphatic rings. The van der Waals surface area contributed by atoms with Crippen LogP contribution in [0.2, 0.25) is 0 Å². The molecule has 0 bridgehead atoms. The third-order valence-electron chi connectivity index (χ3n) is 2.31. The van der Waals surface area contributed by atoms with Gasteiger partial charge in [0.05, 0.1) is 18.1 Å². The molecule has 0 saturated carbocycles. The fraction of sp³-hybridized carbons (Fsp3) is 0.167. The van der Waals surface area contributed by atoms with Crippen LogP contribution in [0, 0.1) is 0 Å². The quantitative estimate of drug-likeness (QED) is 0.488. The predicted molar refractivity (Wildman–Crippen MR) is 63.1 cm³/mol. The fourth-order valence-corrected chi connectivity index (χ4v) is 1.44. The molecular formula is C12H12N4O. The van der Waals surface area contributed by atoms with Gasteiger partial charge in [-0.3, -0.25) is 15.0 Å². The molecule has 0 fully saturated rings. The van der Waals surface area contributed by atoms with Crippen molar-refractivity contribution in [1.82, 2.24) is 15.0 Å². The Bertz CT molecular complexity index is 482. The van der Waals surface area contributed by atoms with Gasteiger partial charge in [0.15, 0.2) is 0 Å². The molecule has 0 spiro atoms. The lowest BCUT2D eigenvalue weighted by atomic mass is 10.1. The summed E-state index contributed by atoms with van der Waals surface area (Å²) in [5, 5.41) is 11.2. The van der Waals surface area contributed by atoms with E-state index in [0.717, 1.165) is 18.5 Å². The first kappa shape index (κ1) is 11.2. The van der Waals surface area contributed by atoms with Gasteiger partial charge in [-0.25, -0.2) is 0 Å². The summed E-state index contributed by atoms with van der Waals surface area (Å²) in [6, 6.07) is 3.95. The van der Waals surface area contributed by atoms with E-state index in [1.807, 2.05) is 18.3 Å². The molecule has 2 rings (SSSR count). The van der Waals surface area contributed by atoms with Gasteiger partial charge in [-0.2, -0.15) is 0 Å². The maximum atomic E-state index is 8.34. The molecule has 0 aromatic carbocycles. The second-order valence-electron chi connectivity index (χ2n) is 3.54. The van der Waals surface area contributed by atoms with Gasteiger partial charge in [0.1, 0.15) is 5.69 Å². The van der Waals surface area contributed by atoms with Crippen molar-refractivity contribution in [2.24, 2.45) is 5.16 Å². The number of aromatic nitrogens is 3. The number of nitrogens with zero attached hydrogens (tertiary/aromatic N) is 4. The highest BCUT2D eigenvalue weighted by Crippen LogP contribution is 2.03. The standard InChI is InChI=1S/C12H12N4O/c17-16-9-12-8-14-11(7-15-12)4-3-10-2-1-5-13-6-10/h1-2,5-9,17H,3-4H2. The minimum Gasteiger partial charge on any atom is -0.411 e. The van der Waals surface area contributed by atoms with E-state index in [2.05, 4.69) is 20.1 Å². The number of pyridine rings is 1. The number of hydrogen-bond acceptors (Lipinski definition) is 5. The van der Waals surface area contributed by atoms with E-state index < -0.39 is 0 Å². The zero-order valence-electron chi connectivity index (χ0n) is 9.19. The fourth-order valence-electron chi connectivity index (χ4n) is 1.44. The molecule has 0 amide bonds. The summed E-state index contributed by atoms with van der Waals surface area (Å²) in [5.41, 5.74) is 2.62. The van der Waals surface area contributed by atoms with Crippen molar-refractivity contribution in [2.75, 3.05) is 0 Å². The van der Waals surface area contributed by atoms with Gasteiger partial charge >= 0.3 is 0 Å². The summed E-state index contributed by atoms with van der Waals surface area (Å²) in [7, 11) is 0. The SMILES string of the molecule is ON=Cc1cnc(CCc2cccnc2)cn1. The third kappa shape index (κ3) is 3.34. The Hall–Kier alpha value is -2.30. The first-order valence-electron chi connectivity index (χ1n) is 5.26. The van der Waals surface area contributed by atoms with E-state index in [0.29, 0.717) is 5.69 Å². The second kappa shape index (κ2) is 5.69. The van der Waals surface area contributed by atoms with Gasteiger partial charge in [0.25, 0.3) is 0 Å². The van der Waals surface area contributed by atoms with Crippen LogP contribution < -0.4 is 0 Å². The van der Waals surface area contributed by atoms with Crippen LogP contribution in [0.4, 0.5) is 0 Å². The van der Waals surface area contributed by atoms with Crippen LogP contribution in [0.5, 0.6) is 0 Å². The maximum absolute atomic E-state index is 8.34. The number of hydrogen-bond donors (Lipinski definition) is 1. The van der Waals surface area contributed by atoms with Crippen molar-refractivity contribution in [3.05, 3.63) is 53.9 Å². The van der Waals surface area contributed by atoms with Gasteiger partial charge < -0.3 is 5.21 Å². The van der Waals surface area contributed by atoms with Gasteiger partial charge in [-0.1, -0.05) is 11.2 Å². The van der Waals surface area contributed by atoms with Crippen LogP contribution in [0.1, 0.15) is 17.0 Å². The Kier molecular flexibility index (Phi) is 3.75. The van der Waals surface area contributed by atoms with Crippen LogP contribution in [0.25, 0.3) is 0 Å². The van der Waals surface area contributed by atoms with Crippen LogP contribution in [0.15, 0.2) is 42.1 Å². The molecule has 17 heavy (non-hydrogen) atoms. The van der Waals surface area contributed by atoms with Gasteiger partial charge in [0, 0.05) is 18.6 Å². The largest absolute Gasteiger partial charge is 0.411 e. The number of rotatable bonds is 4. The minimum atomic E-state index is 0.539. The third-order valence-corrected chi connectivity index (χ3v) is 2.31. The Morgan fingerprint density at radius 2 is 2.12 bits per heavy atom. The predicted octanol–water partition coefficient (Wildman–Crippen LogP) is 1.46. The number of aryl methyl sites for hydroxylation is 2. The van der Waals surface area contributed by atoms with E-state index in [1.165, 1.54) is 11.8 Å². The van der Waals surface area contributed by atoms with Crippen molar-refractivity contribution in [3.8, 4) is 0 Å². The van der Waals surface area contributed by atoms with Gasteiger partial charge in [0.2, 0.25) is 0 Å². The van der Waals surface area contributed by atoms with E-state index in [9.17, 15) is 0 Å². The molecule has 2 aromatic rings. The zero-order valence-corrected chi connectivity index (χ0v) is 9.19.